The van der Waals surface area contributed by atoms with E-state index in [0.29, 0.717) is 17.6 Å². The Hall–Kier alpha value is -1.84. The van der Waals surface area contributed by atoms with Crippen LogP contribution >= 0.6 is 0 Å². The molecule has 0 aromatic heterocycles. The maximum atomic E-state index is 10.9. The predicted octanol–water partition coefficient (Wildman–Crippen LogP) is 1.74. The molecular weight excluding hydrogens is 196 g/mol. The summed E-state index contributed by atoms with van der Waals surface area (Å²) >= 11 is 0. The van der Waals surface area contributed by atoms with Gasteiger partial charge in [0.25, 0.3) is 0 Å². The fourth-order valence-electron chi connectivity index (χ4n) is 1.26. The minimum absolute atomic E-state index is 0.0477. The maximum absolute atomic E-state index is 10.9. The SMILES string of the molecule is O=Cc1ccc(OC2CC2)c(C(=O)O)c1. The molecule has 0 aliphatic heterocycles. The Kier molecular flexibility index (Phi) is 2.41. The molecule has 1 N–H and O–H groups in total. The van der Waals surface area contributed by atoms with Gasteiger partial charge in [0.15, 0.2) is 0 Å². The first-order valence-electron chi connectivity index (χ1n) is 4.70. The van der Waals surface area contributed by atoms with Crippen molar-refractivity contribution in [1.29, 1.82) is 0 Å². The van der Waals surface area contributed by atoms with E-state index in [1.807, 2.05) is 0 Å². The van der Waals surface area contributed by atoms with Gasteiger partial charge in [0.05, 0.1) is 6.10 Å². The highest BCUT2D eigenvalue weighted by molar-refractivity contribution is 5.93. The number of aromatic carboxylic acids is 1. The number of hydrogen-bond acceptors (Lipinski definition) is 3. The minimum atomic E-state index is -1.07. The monoisotopic (exact) mass is 206 g/mol. The van der Waals surface area contributed by atoms with Gasteiger partial charge in [0.2, 0.25) is 0 Å². The zero-order valence-electron chi connectivity index (χ0n) is 7.97. The summed E-state index contributed by atoms with van der Waals surface area (Å²) in [6.45, 7) is 0. The lowest BCUT2D eigenvalue weighted by Gasteiger charge is -2.07. The van der Waals surface area contributed by atoms with Gasteiger partial charge in [-0.1, -0.05) is 0 Å². The Morgan fingerprint density at radius 2 is 2.20 bits per heavy atom. The quantitative estimate of drug-likeness (QED) is 0.762. The third kappa shape index (κ3) is 2.15. The van der Waals surface area contributed by atoms with Crippen LogP contribution in [0.5, 0.6) is 5.75 Å². The van der Waals surface area contributed by atoms with Crippen molar-refractivity contribution in [2.75, 3.05) is 0 Å². The summed E-state index contributed by atoms with van der Waals surface area (Å²) in [5, 5.41) is 8.92. The van der Waals surface area contributed by atoms with Crippen LogP contribution in [0.15, 0.2) is 18.2 Å². The van der Waals surface area contributed by atoms with Crippen LogP contribution in [0.1, 0.15) is 33.6 Å². The summed E-state index contributed by atoms with van der Waals surface area (Å²) in [5.41, 5.74) is 0.391. The van der Waals surface area contributed by atoms with Gasteiger partial charge in [-0.15, -0.1) is 0 Å². The fraction of sp³-hybridized carbons (Fsp3) is 0.273. The van der Waals surface area contributed by atoms with Crippen molar-refractivity contribution in [3.05, 3.63) is 29.3 Å². The van der Waals surface area contributed by atoms with Crippen molar-refractivity contribution in [2.45, 2.75) is 18.9 Å². The highest BCUT2D eigenvalue weighted by Crippen LogP contribution is 2.29. The summed E-state index contributed by atoms with van der Waals surface area (Å²) in [7, 11) is 0. The number of carboxylic acid groups (broad SMARTS) is 1. The van der Waals surface area contributed by atoms with Gasteiger partial charge in [0, 0.05) is 5.56 Å². The van der Waals surface area contributed by atoms with Gasteiger partial charge in [-0.2, -0.15) is 0 Å². The molecule has 1 aromatic carbocycles. The minimum Gasteiger partial charge on any atom is -0.490 e. The number of hydrogen-bond donors (Lipinski definition) is 1. The number of carboxylic acids is 1. The largest absolute Gasteiger partial charge is 0.490 e. The number of ether oxygens (including phenoxy) is 1. The molecule has 4 nitrogen and oxygen atoms in total. The van der Waals surface area contributed by atoms with Gasteiger partial charge < -0.3 is 9.84 Å². The smallest absolute Gasteiger partial charge is 0.339 e. The molecule has 15 heavy (non-hydrogen) atoms. The van der Waals surface area contributed by atoms with Crippen molar-refractivity contribution in [3.63, 3.8) is 0 Å². The zero-order valence-corrected chi connectivity index (χ0v) is 7.97. The van der Waals surface area contributed by atoms with E-state index in [9.17, 15) is 9.59 Å². The molecule has 1 aromatic rings. The second-order valence-electron chi connectivity index (χ2n) is 3.50. The molecule has 1 aliphatic carbocycles. The van der Waals surface area contributed by atoms with Crippen molar-refractivity contribution in [3.8, 4) is 5.75 Å². The summed E-state index contributed by atoms with van der Waals surface area (Å²) in [5.74, 6) is -0.732. The van der Waals surface area contributed by atoms with Crippen LogP contribution in [0.4, 0.5) is 0 Å². The maximum Gasteiger partial charge on any atom is 0.339 e. The standard InChI is InChI=1S/C11H10O4/c12-6-7-1-4-10(15-8-2-3-8)9(5-7)11(13)14/h1,4-6,8H,2-3H2,(H,13,14). The van der Waals surface area contributed by atoms with Crippen LogP contribution in [0.3, 0.4) is 0 Å². The van der Waals surface area contributed by atoms with Crippen LogP contribution in [0.2, 0.25) is 0 Å². The van der Waals surface area contributed by atoms with Crippen LogP contribution in [0.25, 0.3) is 0 Å². The van der Waals surface area contributed by atoms with E-state index in [2.05, 4.69) is 0 Å². The molecule has 0 bridgehead atoms. The van der Waals surface area contributed by atoms with E-state index >= 15 is 0 Å². The number of carbonyl (C=O) groups excluding carboxylic acids is 1. The molecule has 0 saturated heterocycles. The second-order valence-corrected chi connectivity index (χ2v) is 3.50. The molecule has 1 aliphatic rings. The third-order valence-corrected chi connectivity index (χ3v) is 2.19. The average Bonchev–Trinajstić information content (AvgIpc) is 3.02. The number of benzene rings is 1. The van der Waals surface area contributed by atoms with Crippen molar-refractivity contribution >= 4 is 12.3 Å². The lowest BCUT2D eigenvalue weighted by Crippen LogP contribution is -2.05. The Labute approximate surface area is 86.5 Å². The van der Waals surface area contributed by atoms with Crippen molar-refractivity contribution in [2.24, 2.45) is 0 Å². The Balaban J connectivity index is 2.33. The van der Waals surface area contributed by atoms with Crippen molar-refractivity contribution in [1.82, 2.24) is 0 Å². The first-order valence-corrected chi connectivity index (χ1v) is 4.70. The van der Waals surface area contributed by atoms with E-state index < -0.39 is 5.97 Å². The lowest BCUT2D eigenvalue weighted by molar-refractivity contribution is 0.0692. The molecule has 78 valence electrons. The lowest BCUT2D eigenvalue weighted by atomic mass is 10.1. The summed E-state index contributed by atoms with van der Waals surface area (Å²) < 4.78 is 5.42. The summed E-state index contributed by atoms with van der Waals surface area (Å²) in [6.07, 6.45) is 2.70. The normalized spacial score (nSPS) is 14.7. The Bertz CT molecular complexity index is 407. The highest BCUT2D eigenvalue weighted by atomic mass is 16.5. The second kappa shape index (κ2) is 3.73. The molecule has 0 atom stereocenters. The first-order chi connectivity index (χ1) is 7.20. The zero-order chi connectivity index (χ0) is 10.8. The van der Waals surface area contributed by atoms with Gasteiger partial charge in [0.1, 0.15) is 17.6 Å². The molecule has 1 saturated carbocycles. The predicted molar refractivity (Wildman–Crippen MR) is 52.4 cm³/mol. The molecule has 4 heteroatoms. The van der Waals surface area contributed by atoms with Gasteiger partial charge in [-0.05, 0) is 31.0 Å². The molecule has 0 amide bonds. The fourth-order valence-corrected chi connectivity index (χ4v) is 1.26. The molecule has 0 spiro atoms. The summed E-state index contributed by atoms with van der Waals surface area (Å²) in [6, 6.07) is 4.41. The van der Waals surface area contributed by atoms with Crippen LogP contribution in [-0.4, -0.2) is 23.5 Å². The molecular formula is C11H10O4. The molecule has 1 fully saturated rings. The third-order valence-electron chi connectivity index (χ3n) is 2.19. The van der Waals surface area contributed by atoms with Crippen LogP contribution in [-0.2, 0) is 0 Å². The molecule has 0 unspecified atom stereocenters. The van der Waals surface area contributed by atoms with E-state index in [4.69, 9.17) is 9.84 Å². The van der Waals surface area contributed by atoms with E-state index in [1.165, 1.54) is 12.1 Å². The number of carbonyl (C=O) groups is 2. The number of aldehydes is 1. The van der Waals surface area contributed by atoms with E-state index in [0.717, 1.165) is 12.8 Å². The topological polar surface area (TPSA) is 63.6 Å². The first kappa shape index (κ1) is 9.71. The van der Waals surface area contributed by atoms with Crippen molar-refractivity contribution < 1.29 is 19.4 Å². The van der Waals surface area contributed by atoms with E-state index in [-0.39, 0.29) is 11.7 Å². The van der Waals surface area contributed by atoms with Gasteiger partial charge in [-0.3, -0.25) is 4.79 Å². The molecule has 2 rings (SSSR count). The molecule has 0 radical (unpaired) electrons. The highest BCUT2D eigenvalue weighted by Gasteiger charge is 2.25. The van der Waals surface area contributed by atoms with Crippen LogP contribution < -0.4 is 4.74 Å². The van der Waals surface area contributed by atoms with Gasteiger partial charge in [-0.25, -0.2) is 4.79 Å². The van der Waals surface area contributed by atoms with Crippen LogP contribution in [0, 0.1) is 0 Å². The average molecular weight is 206 g/mol. The van der Waals surface area contributed by atoms with Gasteiger partial charge >= 0.3 is 5.97 Å². The summed E-state index contributed by atoms with van der Waals surface area (Å²) in [4.78, 5) is 21.4. The Morgan fingerprint density at radius 1 is 1.47 bits per heavy atom. The Morgan fingerprint density at radius 3 is 2.73 bits per heavy atom. The number of rotatable bonds is 4. The molecule has 0 heterocycles. The van der Waals surface area contributed by atoms with E-state index in [1.54, 1.807) is 6.07 Å².